The maximum atomic E-state index is 11.5. The summed E-state index contributed by atoms with van der Waals surface area (Å²) in [5, 5.41) is 4.28. The van der Waals surface area contributed by atoms with Crippen LogP contribution < -0.4 is 11.1 Å². The van der Waals surface area contributed by atoms with Crippen LogP contribution >= 0.6 is 0 Å². The Bertz CT molecular complexity index is 605. The maximum absolute atomic E-state index is 11.5. The van der Waals surface area contributed by atoms with Crippen LogP contribution in [0, 0.1) is 0 Å². The number of rotatable bonds is 3. The van der Waals surface area contributed by atoms with Gasteiger partial charge in [0.1, 0.15) is 6.04 Å². The normalized spacial score (nSPS) is 12.1. The summed E-state index contributed by atoms with van der Waals surface area (Å²) in [4.78, 5) is 26.7. The van der Waals surface area contributed by atoms with Gasteiger partial charge in [-0.3, -0.25) is 14.6 Å². The van der Waals surface area contributed by atoms with E-state index in [2.05, 4.69) is 10.3 Å². The fourth-order valence-corrected chi connectivity index (χ4v) is 1.88. The van der Waals surface area contributed by atoms with E-state index in [1.54, 1.807) is 12.4 Å². The first-order valence-corrected chi connectivity index (χ1v) is 5.48. The van der Waals surface area contributed by atoms with Gasteiger partial charge in [-0.25, -0.2) is 0 Å². The van der Waals surface area contributed by atoms with Crippen molar-refractivity contribution >= 4 is 22.6 Å². The molecule has 1 aromatic heterocycles. The average Bonchev–Trinajstić information content (AvgIpc) is 2.35. The number of carbonyl (C=O) groups excluding carboxylic acids is 2. The van der Waals surface area contributed by atoms with Gasteiger partial charge in [0.2, 0.25) is 11.8 Å². The number of pyridine rings is 1. The molecule has 5 heteroatoms. The van der Waals surface area contributed by atoms with Gasteiger partial charge in [-0.2, -0.15) is 0 Å². The summed E-state index contributed by atoms with van der Waals surface area (Å²) in [6.45, 7) is 1.34. The quantitative estimate of drug-likeness (QED) is 0.839. The molecule has 0 aliphatic heterocycles. The van der Waals surface area contributed by atoms with Gasteiger partial charge in [0.25, 0.3) is 0 Å². The molecule has 2 aromatic rings. The molecule has 0 saturated carbocycles. The van der Waals surface area contributed by atoms with Crippen LogP contribution in [0.3, 0.4) is 0 Å². The Hall–Kier alpha value is -2.43. The zero-order valence-corrected chi connectivity index (χ0v) is 9.88. The highest BCUT2D eigenvalue weighted by Gasteiger charge is 2.21. The monoisotopic (exact) mass is 243 g/mol. The molecule has 1 unspecified atom stereocenters. The number of nitrogens with one attached hydrogen (secondary N) is 1. The number of primary amides is 1. The summed E-state index contributed by atoms with van der Waals surface area (Å²) in [6, 6.07) is 6.63. The minimum Gasteiger partial charge on any atom is -0.368 e. The van der Waals surface area contributed by atoms with Crippen molar-refractivity contribution in [2.24, 2.45) is 5.73 Å². The minimum absolute atomic E-state index is 0.313. The summed E-state index contributed by atoms with van der Waals surface area (Å²) in [5.41, 5.74) is 5.93. The summed E-state index contributed by atoms with van der Waals surface area (Å²) in [7, 11) is 0. The molecule has 0 saturated heterocycles. The average molecular weight is 243 g/mol. The van der Waals surface area contributed by atoms with Crippen LogP contribution in [0.15, 0.2) is 36.7 Å². The van der Waals surface area contributed by atoms with Crippen molar-refractivity contribution in [2.75, 3.05) is 0 Å². The number of amides is 2. The number of hydrogen-bond donors (Lipinski definition) is 2. The number of benzene rings is 1. The zero-order chi connectivity index (χ0) is 13.1. The molecule has 2 rings (SSSR count). The zero-order valence-electron chi connectivity index (χ0n) is 9.88. The molecule has 3 N–H and O–H groups in total. The van der Waals surface area contributed by atoms with E-state index in [9.17, 15) is 9.59 Å². The fraction of sp³-hybridized carbons (Fsp3) is 0.154. The van der Waals surface area contributed by atoms with E-state index in [4.69, 9.17) is 5.73 Å². The molecule has 0 bridgehead atoms. The molecule has 0 aliphatic carbocycles. The molecule has 92 valence electrons. The van der Waals surface area contributed by atoms with Gasteiger partial charge in [0.05, 0.1) is 0 Å². The van der Waals surface area contributed by atoms with E-state index < -0.39 is 11.9 Å². The van der Waals surface area contributed by atoms with Gasteiger partial charge in [-0.15, -0.1) is 0 Å². The van der Waals surface area contributed by atoms with E-state index in [0.717, 1.165) is 10.8 Å². The highest BCUT2D eigenvalue weighted by Crippen LogP contribution is 2.22. The van der Waals surface area contributed by atoms with Crippen molar-refractivity contribution in [1.82, 2.24) is 10.3 Å². The van der Waals surface area contributed by atoms with Crippen LogP contribution in [-0.4, -0.2) is 16.8 Å². The molecule has 1 atom stereocenters. The minimum atomic E-state index is -0.860. The lowest BCUT2D eigenvalue weighted by molar-refractivity contribution is -0.126. The number of fused-ring (bicyclic) bond motifs is 1. The lowest BCUT2D eigenvalue weighted by Crippen LogP contribution is -2.36. The highest BCUT2D eigenvalue weighted by molar-refractivity contribution is 5.93. The van der Waals surface area contributed by atoms with Crippen LogP contribution in [0.4, 0.5) is 0 Å². The second kappa shape index (κ2) is 4.83. The Labute approximate surface area is 104 Å². The van der Waals surface area contributed by atoms with E-state index >= 15 is 0 Å². The predicted molar refractivity (Wildman–Crippen MR) is 67.5 cm³/mol. The van der Waals surface area contributed by atoms with E-state index in [-0.39, 0.29) is 5.91 Å². The largest absolute Gasteiger partial charge is 0.368 e. The molecule has 18 heavy (non-hydrogen) atoms. The Balaban J connectivity index is 2.57. The summed E-state index contributed by atoms with van der Waals surface area (Å²) in [6.07, 6.45) is 3.25. The topological polar surface area (TPSA) is 85.1 Å². The van der Waals surface area contributed by atoms with Crippen LogP contribution in [0.1, 0.15) is 18.5 Å². The van der Waals surface area contributed by atoms with Gasteiger partial charge in [0, 0.05) is 30.3 Å². The summed E-state index contributed by atoms with van der Waals surface area (Å²) in [5.74, 6) is -0.921. The SMILES string of the molecule is CC(=O)NC(C(N)=O)c1cncc2ccccc12. The van der Waals surface area contributed by atoms with Crippen molar-refractivity contribution in [1.29, 1.82) is 0 Å². The van der Waals surface area contributed by atoms with Crippen LogP contribution in [-0.2, 0) is 9.59 Å². The molecule has 0 spiro atoms. The van der Waals surface area contributed by atoms with Gasteiger partial charge < -0.3 is 11.1 Å². The molecule has 0 aliphatic rings. The molecular formula is C13H13N3O2. The predicted octanol–water partition coefficient (Wildman–Crippen LogP) is 0.897. The third kappa shape index (κ3) is 2.29. The Morgan fingerprint density at radius 3 is 2.67 bits per heavy atom. The number of carbonyl (C=O) groups is 2. The van der Waals surface area contributed by atoms with Gasteiger partial charge >= 0.3 is 0 Å². The number of aromatic nitrogens is 1. The van der Waals surface area contributed by atoms with Crippen molar-refractivity contribution in [3.63, 3.8) is 0 Å². The van der Waals surface area contributed by atoms with Gasteiger partial charge in [0.15, 0.2) is 0 Å². The first-order valence-electron chi connectivity index (χ1n) is 5.48. The lowest BCUT2D eigenvalue weighted by atomic mass is 10.0. The fourth-order valence-electron chi connectivity index (χ4n) is 1.88. The molecule has 0 fully saturated rings. The number of nitrogens with two attached hydrogens (primary N) is 1. The van der Waals surface area contributed by atoms with Crippen molar-refractivity contribution in [3.8, 4) is 0 Å². The standard InChI is InChI=1S/C13H13N3O2/c1-8(17)16-12(13(14)18)11-7-15-6-9-4-2-3-5-10(9)11/h2-7,12H,1H3,(H2,14,18)(H,16,17). The Morgan fingerprint density at radius 1 is 1.28 bits per heavy atom. The van der Waals surface area contributed by atoms with Crippen LogP contribution in [0.5, 0.6) is 0 Å². The molecule has 5 nitrogen and oxygen atoms in total. The summed E-state index contributed by atoms with van der Waals surface area (Å²) >= 11 is 0. The van der Waals surface area contributed by atoms with E-state index in [1.165, 1.54) is 6.92 Å². The van der Waals surface area contributed by atoms with Crippen molar-refractivity contribution < 1.29 is 9.59 Å². The maximum Gasteiger partial charge on any atom is 0.244 e. The molecule has 1 heterocycles. The van der Waals surface area contributed by atoms with Crippen molar-refractivity contribution in [3.05, 3.63) is 42.2 Å². The first kappa shape index (κ1) is 12.0. The van der Waals surface area contributed by atoms with E-state index in [0.29, 0.717) is 5.56 Å². The molecule has 0 radical (unpaired) electrons. The summed E-state index contributed by atoms with van der Waals surface area (Å²) < 4.78 is 0. The smallest absolute Gasteiger partial charge is 0.244 e. The second-order valence-electron chi connectivity index (χ2n) is 3.99. The third-order valence-corrected chi connectivity index (χ3v) is 2.64. The highest BCUT2D eigenvalue weighted by atomic mass is 16.2. The van der Waals surface area contributed by atoms with Crippen LogP contribution in [0.25, 0.3) is 10.8 Å². The number of nitrogens with zero attached hydrogens (tertiary/aromatic N) is 1. The second-order valence-corrected chi connectivity index (χ2v) is 3.99. The molecule has 1 aromatic carbocycles. The van der Waals surface area contributed by atoms with E-state index in [1.807, 2.05) is 24.3 Å². The molecular weight excluding hydrogens is 230 g/mol. The first-order chi connectivity index (χ1) is 8.59. The number of hydrogen-bond acceptors (Lipinski definition) is 3. The Morgan fingerprint density at radius 2 is 2.00 bits per heavy atom. The lowest BCUT2D eigenvalue weighted by Gasteiger charge is -2.16. The third-order valence-electron chi connectivity index (χ3n) is 2.64. The van der Waals surface area contributed by atoms with Crippen molar-refractivity contribution in [2.45, 2.75) is 13.0 Å². The molecule has 2 amide bonds. The Kier molecular flexibility index (Phi) is 3.23. The van der Waals surface area contributed by atoms with Gasteiger partial charge in [-0.1, -0.05) is 24.3 Å². The van der Waals surface area contributed by atoms with Crippen LogP contribution in [0.2, 0.25) is 0 Å². The van der Waals surface area contributed by atoms with Gasteiger partial charge in [-0.05, 0) is 5.39 Å².